The van der Waals surface area contributed by atoms with Gasteiger partial charge in [0, 0.05) is 22.3 Å². The lowest BCUT2D eigenvalue weighted by Gasteiger charge is -2.12. The van der Waals surface area contributed by atoms with Gasteiger partial charge in [0.05, 0.1) is 21.9 Å². The van der Waals surface area contributed by atoms with E-state index in [0.717, 1.165) is 34.2 Å². The summed E-state index contributed by atoms with van der Waals surface area (Å²) in [6.07, 6.45) is 0. The Bertz CT molecular complexity index is 1330. The molecule has 0 bridgehead atoms. The average molecular weight is 420 g/mol. The topological polar surface area (TPSA) is 30.7 Å². The molecular weight excluding hydrogens is 398 g/mol. The molecule has 4 heteroatoms. The Morgan fingerprint density at radius 3 is 2.00 bits per heavy atom. The van der Waals surface area contributed by atoms with Crippen LogP contribution in [0.15, 0.2) is 96.0 Å². The molecule has 6 rings (SSSR count). The minimum atomic E-state index is 0.525. The van der Waals surface area contributed by atoms with Crippen molar-refractivity contribution >= 4 is 22.7 Å². The molecule has 0 N–H and O–H groups in total. The van der Waals surface area contributed by atoms with Crippen LogP contribution in [0, 0.1) is 0 Å². The van der Waals surface area contributed by atoms with Gasteiger partial charge in [-0.05, 0) is 23.6 Å². The molecule has 5 aromatic rings. The van der Waals surface area contributed by atoms with Crippen molar-refractivity contribution in [3.05, 3.63) is 96.6 Å². The molecule has 2 aromatic heterocycles. The molecule has 1 aliphatic heterocycles. The zero-order valence-corrected chi connectivity index (χ0v) is 18.0. The van der Waals surface area contributed by atoms with Gasteiger partial charge in [0.1, 0.15) is 0 Å². The van der Waals surface area contributed by atoms with E-state index < -0.39 is 0 Å². The van der Waals surface area contributed by atoms with Crippen molar-refractivity contribution < 1.29 is 0 Å². The number of para-hydroxylation sites is 1. The molecule has 0 amide bonds. The largest absolute Gasteiger partial charge is 0.272 e. The third-order valence-electron chi connectivity index (χ3n) is 5.88. The summed E-state index contributed by atoms with van der Waals surface area (Å²) in [6, 6.07) is 31.4. The predicted molar refractivity (Wildman–Crippen MR) is 129 cm³/mol. The number of fused-ring (bicyclic) bond motifs is 3. The van der Waals surface area contributed by atoms with E-state index in [1.54, 1.807) is 0 Å². The summed E-state index contributed by atoms with van der Waals surface area (Å²) in [5.74, 6) is 2.36. The molecule has 1 aliphatic rings. The Labute approximate surface area is 185 Å². The van der Waals surface area contributed by atoms with E-state index >= 15 is 0 Å². The van der Waals surface area contributed by atoms with Crippen molar-refractivity contribution in [1.82, 2.24) is 14.5 Å². The maximum atomic E-state index is 5.06. The fraction of sp³-hybridized carbons (Fsp3) is 0.111. The summed E-state index contributed by atoms with van der Waals surface area (Å²) in [6.45, 7) is 2.31. The summed E-state index contributed by atoms with van der Waals surface area (Å²) < 4.78 is 2.26. The van der Waals surface area contributed by atoms with Crippen molar-refractivity contribution in [1.29, 1.82) is 0 Å². The van der Waals surface area contributed by atoms with Gasteiger partial charge in [-0.2, -0.15) is 0 Å². The van der Waals surface area contributed by atoms with Gasteiger partial charge >= 0.3 is 0 Å². The second-order valence-electron chi connectivity index (χ2n) is 7.95. The zero-order valence-electron chi connectivity index (χ0n) is 17.2. The molecule has 0 fully saturated rings. The van der Waals surface area contributed by atoms with Crippen LogP contribution >= 0.6 is 11.8 Å². The van der Waals surface area contributed by atoms with Gasteiger partial charge in [0.2, 0.25) is 5.95 Å². The van der Waals surface area contributed by atoms with Crippen molar-refractivity contribution in [3.63, 3.8) is 0 Å². The van der Waals surface area contributed by atoms with Gasteiger partial charge in [-0.1, -0.05) is 85.8 Å². The monoisotopic (exact) mass is 419 g/mol. The third kappa shape index (κ3) is 3.06. The fourth-order valence-corrected chi connectivity index (χ4v) is 5.74. The summed E-state index contributed by atoms with van der Waals surface area (Å²) in [5.41, 5.74) is 6.67. The second-order valence-corrected chi connectivity index (χ2v) is 8.96. The molecule has 3 heterocycles. The Hall–Kier alpha value is -3.37. The molecule has 3 nitrogen and oxygen atoms in total. The predicted octanol–water partition coefficient (Wildman–Crippen LogP) is 6.96. The summed E-state index contributed by atoms with van der Waals surface area (Å²) in [4.78, 5) is 10.1. The number of hydrogen-bond acceptors (Lipinski definition) is 3. The van der Waals surface area contributed by atoms with Gasteiger partial charge in [-0.15, -0.1) is 11.8 Å². The van der Waals surface area contributed by atoms with Gasteiger partial charge in [0.25, 0.3) is 0 Å². The molecule has 31 heavy (non-hydrogen) atoms. The van der Waals surface area contributed by atoms with Crippen LogP contribution in [0.4, 0.5) is 0 Å². The number of nitrogens with zero attached hydrogens (tertiary/aromatic N) is 3. The maximum Gasteiger partial charge on any atom is 0.236 e. The smallest absolute Gasteiger partial charge is 0.236 e. The zero-order chi connectivity index (χ0) is 20.8. The van der Waals surface area contributed by atoms with Crippen molar-refractivity contribution in [2.45, 2.75) is 17.9 Å². The molecule has 150 valence electrons. The molecule has 3 aromatic carbocycles. The van der Waals surface area contributed by atoms with Crippen LogP contribution in [0.3, 0.4) is 0 Å². The van der Waals surface area contributed by atoms with Crippen molar-refractivity contribution in [3.8, 4) is 28.5 Å². The minimum absolute atomic E-state index is 0.525. The van der Waals surface area contributed by atoms with E-state index in [4.69, 9.17) is 9.97 Å². The molecular formula is C27H21N3S. The maximum absolute atomic E-state index is 5.06. The van der Waals surface area contributed by atoms with E-state index in [1.165, 1.54) is 21.5 Å². The molecule has 1 atom stereocenters. The summed E-state index contributed by atoms with van der Waals surface area (Å²) in [5, 5.41) is 2.59. The Balaban J connectivity index is 1.65. The minimum Gasteiger partial charge on any atom is -0.272 e. The normalized spacial score (nSPS) is 15.3. The summed E-state index contributed by atoms with van der Waals surface area (Å²) >= 11 is 1.91. The number of rotatable bonds is 3. The number of hydrogen-bond donors (Lipinski definition) is 0. The van der Waals surface area contributed by atoms with Gasteiger partial charge < -0.3 is 0 Å². The first-order valence-electron chi connectivity index (χ1n) is 10.6. The lowest BCUT2D eigenvalue weighted by atomic mass is 10.0. The third-order valence-corrected chi connectivity index (χ3v) is 7.23. The molecule has 1 unspecified atom stereocenters. The first kappa shape index (κ1) is 18.4. The van der Waals surface area contributed by atoms with Crippen LogP contribution < -0.4 is 0 Å². The average Bonchev–Trinajstić information content (AvgIpc) is 3.37. The molecule has 0 saturated carbocycles. The molecule has 0 aliphatic carbocycles. The fourth-order valence-electron chi connectivity index (χ4n) is 4.39. The highest BCUT2D eigenvalue weighted by molar-refractivity contribution is 7.99. The first-order chi connectivity index (χ1) is 15.3. The van der Waals surface area contributed by atoms with Gasteiger partial charge in [-0.3, -0.25) is 4.57 Å². The van der Waals surface area contributed by atoms with Crippen LogP contribution in [-0.4, -0.2) is 20.3 Å². The van der Waals surface area contributed by atoms with E-state index in [1.807, 2.05) is 23.9 Å². The SMILES string of the molecule is CC1CSc2c1c1ccccc1n2-c1nc(-c2ccccc2)cc(-c2ccccc2)n1. The lowest BCUT2D eigenvalue weighted by molar-refractivity contribution is 0.843. The molecule has 0 radical (unpaired) electrons. The highest BCUT2D eigenvalue weighted by Gasteiger charge is 2.29. The highest BCUT2D eigenvalue weighted by atomic mass is 32.2. The van der Waals surface area contributed by atoms with E-state index in [0.29, 0.717) is 5.92 Å². The lowest BCUT2D eigenvalue weighted by Crippen LogP contribution is -2.04. The molecule has 0 saturated heterocycles. The highest BCUT2D eigenvalue weighted by Crippen LogP contribution is 2.46. The van der Waals surface area contributed by atoms with Crippen LogP contribution in [-0.2, 0) is 0 Å². The van der Waals surface area contributed by atoms with Crippen LogP contribution in [0.1, 0.15) is 18.4 Å². The standard InChI is InChI=1S/C27H21N3S/c1-18-17-31-26-25(18)21-14-8-9-15-24(21)30(26)27-28-22(19-10-4-2-5-11-19)16-23(29-27)20-12-6-3-7-13-20/h2-16,18H,17H2,1H3. The Kier molecular flexibility index (Phi) is 4.39. The number of benzene rings is 3. The Morgan fingerprint density at radius 2 is 1.35 bits per heavy atom. The van der Waals surface area contributed by atoms with E-state index in [9.17, 15) is 0 Å². The van der Waals surface area contributed by atoms with Gasteiger partial charge in [0.15, 0.2) is 0 Å². The van der Waals surface area contributed by atoms with E-state index in [-0.39, 0.29) is 0 Å². The van der Waals surface area contributed by atoms with Crippen LogP contribution in [0.2, 0.25) is 0 Å². The quantitative estimate of drug-likeness (QED) is 0.316. The summed E-state index contributed by atoms with van der Waals surface area (Å²) in [7, 11) is 0. The molecule has 0 spiro atoms. The van der Waals surface area contributed by atoms with Crippen molar-refractivity contribution in [2.24, 2.45) is 0 Å². The number of thioether (sulfide) groups is 1. The van der Waals surface area contributed by atoms with Crippen molar-refractivity contribution in [2.75, 3.05) is 5.75 Å². The van der Waals surface area contributed by atoms with Crippen LogP contribution in [0.25, 0.3) is 39.4 Å². The van der Waals surface area contributed by atoms with Crippen LogP contribution in [0.5, 0.6) is 0 Å². The van der Waals surface area contributed by atoms with Gasteiger partial charge in [-0.25, -0.2) is 9.97 Å². The number of aromatic nitrogens is 3. The van der Waals surface area contributed by atoms with E-state index in [2.05, 4.69) is 90.4 Å². The second kappa shape index (κ2) is 7.40. The Morgan fingerprint density at radius 1 is 0.774 bits per heavy atom. The first-order valence-corrected chi connectivity index (χ1v) is 11.5.